The Hall–Kier alpha value is -1.35. The molecule has 3 rings (SSSR count). The number of hydrogen-bond acceptors (Lipinski definition) is 2. The molecule has 0 atom stereocenters. The van der Waals surface area contributed by atoms with Crippen molar-refractivity contribution in [3.63, 3.8) is 0 Å². The van der Waals surface area contributed by atoms with E-state index in [1.54, 1.807) is 0 Å². The standard InChI is InChI=1S/C17H24N2O/c18-17(20)14-6-8-16(9-7-14)19-11-12-2-1-3-15(10-12)13-4-5-13/h1-3,10,13-14,16,19H,4-9,11H2,(H2,18,20). The van der Waals surface area contributed by atoms with Crippen LogP contribution in [0.1, 0.15) is 55.6 Å². The van der Waals surface area contributed by atoms with Crippen molar-refractivity contribution in [1.29, 1.82) is 0 Å². The number of carbonyl (C=O) groups excluding carboxylic acids is 1. The zero-order chi connectivity index (χ0) is 13.9. The van der Waals surface area contributed by atoms with Gasteiger partial charge in [0.15, 0.2) is 0 Å². The first kappa shape index (κ1) is 13.6. The highest BCUT2D eigenvalue weighted by molar-refractivity contribution is 5.76. The summed E-state index contributed by atoms with van der Waals surface area (Å²) in [7, 11) is 0. The highest BCUT2D eigenvalue weighted by Gasteiger charge is 2.25. The van der Waals surface area contributed by atoms with E-state index in [0.29, 0.717) is 6.04 Å². The van der Waals surface area contributed by atoms with Crippen molar-refractivity contribution in [2.75, 3.05) is 0 Å². The Morgan fingerprint density at radius 1 is 1.15 bits per heavy atom. The van der Waals surface area contributed by atoms with Gasteiger partial charge in [-0.25, -0.2) is 0 Å². The van der Waals surface area contributed by atoms with Crippen LogP contribution < -0.4 is 11.1 Å². The average molecular weight is 272 g/mol. The van der Waals surface area contributed by atoms with Crippen molar-refractivity contribution in [2.24, 2.45) is 11.7 Å². The SMILES string of the molecule is NC(=O)C1CCC(NCc2cccc(C3CC3)c2)CC1. The summed E-state index contributed by atoms with van der Waals surface area (Å²) in [4.78, 5) is 11.1. The van der Waals surface area contributed by atoms with Crippen molar-refractivity contribution in [2.45, 2.75) is 57.0 Å². The fraction of sp³-hybridized carbons (Fsp3) is 0.588. The van der Waals surface area contributed by atoms with Gasteiger partial charge in [-0.1, -0.05) is 24.3 Å². The number of carbonyl (C=O) groups is 1. The molecule has 0 aromatic heterocycles. The number of rotatable bonds is 5. The van der Waals surface area contributed by atoms with Gasteiger partial charge in [-0.2, -0.15) is 0 Å². The molecule has 1 aromatic rings. The minimum atomic E-state index is -0.124. The summed E-state index contributed by atoms with van der Waals surface area (Å²) in [6.45, 7) is 0.937. The maximum atomic E-state index is 11.1. The summed E-state index contributed by atoms with van der Waals surface area (Å²) < 4.78 is 0. The lowest BCUT2D eigenvalue weighted by atomic mass is 9.85. The van der Waals surface area contributed by atoms with E-state index in [4.69, 9.17) is 5.73 Å². The van der Waals surface area contributed by atoms with Crippen LogP contribution in [0.5, 0.6) is 0 Å². The topological polar surface area (TPSA) is 55.1 Å². The molecule has 0 saturated heterocycles. The molecule has 0 aliphatic heterocycles. The van der Waals surface area contributed by atoms with Crippen LogP contribution in [0.25, 0.3) is 0 Å². The third kappa shape index (κ3) is 3.40. The van der Waals surface area contributed by atoms with Gasteiger partial charge in [-0.15, -0.1) is 0 Å². The zero-order valence-corrected chi connectivity index (χ0v) is 12.0. The summed E-state index contributed by atoms with van der Waals surface area (Å²) in [6.07, 6.45) is 6.72. The Morgan fingerprint density at radius 2 is 1.90 bits per heavy atom. The molecule has 0 bridgehead atoms. The van der Waals surface area contributed by atoms with Crippen molar-refractivity contribution in [3.8, 4) is 0 Å². The van der Waals surface area contributed by atoms with Gasteiger partial charge >= 0.3 is 0 Å². The molecule has 1 amide bonds. The third-order valence-corrected chi connectivity index (χ3v) is 4.72. The molecule has 0 unspecified atom stereocenters. The first-order valence-corrected chi connectivity index (χ1v) is 7.84. The summed E-state index contributed by atoms with van der Waals surface area (Å²) in [5, 5.41) is 3.63. The summed E-state index contributed by atoms with van der Waals surface area (Å²) in [6, 6.07) is 9.51. The van der Waals surface area contributed by atoms with Crippen LogP contribution in [0.2, 0.25) is 0 Å². The van der Waals surface area contributed by atoms with Crippen LogP contribution in [0.3, 0.4) is 0 Å². The fourth-order valence-corrected chi connectivity index (χ4v) is 3.22. The van der Waals surface area contributed by atoms with E-state index in [0.717, 1.165) is 38.1 Å². The predicted octanol–water partition coefficient (Wildman–Crippen LogP) is 2.70. The summed E-state index contributed by atoms with van der Waals surface area (Å²) >= 11 is 0. The normalized spacial score (nSPS) is 26.4. The van der Waals surface area contributed by atoms with Gasteiger partial charge in [0.25, 0.3) is 0 Å². The van der Waals surface area contributed by atoms with E-state index in [9.17, 15) is 4.79 Å². The lowest BCUT2D eigenvalue weighted by molar-refractivity contribution is -0.122. The number of benzene rings is 1. The molecule has 2 aliphatic rings. The lowest BCUT2D eigenvalue weighted by Crippen LogP contribution is -2.36. The van der Waals surface area contributed by atoms with Gasteiger partial charge < -0.3 is 11.1 Å². The molecule has 0 spiro atoms. The monoisotopic (exact) mass is 272 g/mol. The summed E-state index contributed by atoms with van der Waals surface area (Å²) in [5.41, 5.74) is 8.25. The molecule has 3 N–H and O–H groups in total. The maximum absolute atomic E-state index is 11.1. The van der Waals surface area contributed by atoms with Crippen LogP contribution in [0.4, 0.5) is 0 Å². The van der Waals surface area contributed by atoms with E-state index < -0.39 is 0 Å². The van der Waals surface area contributed by atoms with Gasteiger partial charge in [0.2, 0.25) is 5.91 Å². The van der Waals surface area contributed by atoms with Crippen molar-refractivity contribution < 1.29 is 4.79 Å². The number of amides is 1. The summed E-state index contributed by atoms with van der Waals surface area (Å²) in [5.74, 6) is 0.799. The van der Waals surface area contributed by atoms with Crippen LogP contribution in [-0.4, -0.2) is 11.9 Å². The molecule has 3 nitrogen and oxygen atoms in total. The molecule has 3 heteroatoms. The van der Waals surface area contributed by atoms with Gasteiger partial charge in [0.1, 0.15) is 0 Å². The second kappa shape index (κ2) is 5.96. The van der Waals surface area contributed by atoms with E-state index in [1.165, 1.54) is 24.0 Å². The number of nitrogens with two attached hydrogens (primary N) is 1. The fourth-order valence-electron chi connectivity index (χ4n) is 3.22. The van der Waals surface area contributed by atoms with Crippen molar-refractivity contribution >= 4 is 5.91 Å². The largest absolute Gasteiger partial charge is 0.369 e. The molecule has 2 aliphatic carbocycles. The van der Waals surface area contributed by atoms with Gasteiger partial charge in [-0.3, -0.25) is 4.79 Å². The second-order valence-corrected chi connectivity index (χ2v) is 6.35. The van der Waals surface area contributed by atoms with E-state index >= 15 is 0 Å². The van der Waals surface area contributed by atoms with Crippen LogP contribution >= 0.6 is 0 Å². The molecule has 20 heavy (non-hydrogen) atoms. The quantitative estimate of drug-likeness (QED) is 0.866. The van der Waals surface area contributed by atoms with Crippen molar-refractivity contribution in [1.82, 2.24) is 5.32 Å². The minimum Gasteiger partial charge on any atom is -0.369 e. The zero-order valence-electron chi connectivity index (χ0n) is 12.0. The molecule has 0 radical (unpaired) electrons. The molecular weight excluding hydrogens is 248 g/mol. The Kier molecular flexibility index (Phi) is 4.06. The lowest BCUT2D eigenvalue weighted by Gasteiger charge is -2.27. The number of hydrogen-bond donors (Lipinski definition) is 2. The molecule has 108 valence electrons. The Labute approximate surface area is 120 Å². The van der Waals surface area contributed by atoms with Gasteiger partial charge in [-0.05, 0) is 55.6 Å². The van der Waals surface area contributed by atoms with Crippen molar-refractivity contribution in [3.05, 3.63) is 35.4 Å². The average Bonchev–Trinajstić information content (AvgIpc) is 3.30. The molecule has 0 heterocycles. The number of nitrogens with one attached hydrogen (secondary N) is 1. The van der Waals surface area contributed by atoms with E-state index in [2.05, 4.69) is 29.6 Å². The Balaban J connectivity index is 1.48. The second-order valence-electron chi connectivity index (χ2n) is 6.35. The smallest absolute Gasteiger partial charge is 0.220 e. The first-order chi connectivity index (χ1) is 9.72. The highest BCUT2D eigenvalue weighted by Crippen LogP contribution is 2.40. The Morgan fingerprint density at radius 3 is 2.55 bits per heavy atom. The van der Waals surface area contributed by atoms with Gasteiger partial charge in [0.05, 0.1) is 0 Å². The first-order valence-electron chi connectivity index (χ1n) is 7.84. The predicted molar refractivity (Wildman–Crippen MR) is 80.2 cm³/mol. The molecule has 2 fully saturated rings. The Bertz CT molecular complexity index is 474. The maximum Gasteiger partial charge on any atom is 0.220 e. The third-order valence-electron chi connectivity index (χ3n) is 4.72. The molecule has 2 saturated carbocycles. The van der Waals surface area contributed by atoms with E-state index in [-0.39, 0.29) is 11.8 Å². The van der Waals surface area contributed by atoms with Gasteiger partial charge in [0, 0.05) is 18.5 Å². The van der Waals surface area contributed by atoms with Crippen LogP contribution in [0, 0.1) is 5.92 Å². The minimum absolute atomic E-state index is 0.103. The van der Waals surface area contributed by atoms with E-state index in [1.807, 2.05) is 0 Å². The molecular formula is C17H24N2O. The number of primary amides is 1. The molecule has 1 aromatic carbocycles. The highest BCUT2D eigenvalue weighted by atomic mass is 16.1. The van der Waals surface area contributed by atoms with Crippen LogP contribution in [0.15, 0.2) is 24.3 Å². The van der Waals surface area contributed by atoms with Crippen LogP contribution in [-0.2, 0) is 11.3 Å².